The number of rotatable bonds is 10. The monoisotopic (exact) mass is 542 g/mol. The number of benzene rings is 3. The summed E-state index contributed by atoms with van der Waals surface area (Å²) in [5.74, 6) is 0.129. The van der Waals surface area contributed by atoms with Gasteiger partial charge in [0, 0.05) is 24.2 Å². The van der Waals surface area contributed by atoms with E-state index in [1.807, 2.05) is 37.4 Å². The van der Waals surface area contributed by atoms with Crippen LogP contribution < -0.4 is 20.7 Å². The molecule has 0 saturated heterocycles. The highest BCUT2D eigenvalue weighted by Gasteiger charge is 2.54. The normalized spacial score (nSPS) is 19.7. The molecule has 2 aliphatic rings. The van der Waals surface area contributed by atoms with E-state index in [1.165, 1.54) is 6.42 Å². The molecule has 3 aromatic carbocycles. The van der Waals surface area contributed by atoms with Gasteiger partial charge in [-0.05, 0) is 78.9 Å². The Hall–Kier alpha value is -3.58. The summed E-state index contributed by atoms with van der Waals surface area (Å²) in [5.41, 5.74) is 8.47. The van der Waals surface area contributed by atoms with E-state index in [9.17, 15) is 9.90 Å². The van der Waals surface area contributed by atoms with E-state index in [-0.39, 0.29) is 11.8 Å². The van der Waals surface area contributed by atoms with Crippen LogP contribution in [-0.2, 0) is 17.8 Å². The molecule has 7 nitrogen and oxygen atoms in total. The zero-order chi connectivity index (χ0) is 28.1. The van der Waals surface area contributed by atoms with E-state index >= 15 is 0 Å². The van der Waals surface area contributed by atoms with Crippen molar-refractivity contribution in [3.8, 4) is 5.75 Å². The molecule has 1 unspecified atom stereocenters. The summed E-state index contributed by atoms with van der Waals surface area (Å²) >= 11 is 0. The van der Waals surface area contributed by atoms with E-state index in [1.54, 1.807) is 0 Å². The van der Waals surface area contributed by atoms with Gasteiger partial charge in [0.05, 0.1) is 6.61 Å². The maximum atomic E-state index is 13.4. The van der Waals surface area contributed by atoms with Gasteiger partial charge in [-0.2, -0.15) is 0 Å². The molecular formula is C33H42N4O3. The minimum Gasteiger partial charge on any atom is -0.494 e. The highest BCUT2D eigenvalue weighted by Crippen LogP contribution is 2.48. The Morgan fingerprint density at radius 2 is 1.88 bits per heavy atom. The second-order valence-electron chi connectivity index (χ2n) is 11.4. The third-order valence-electron chi connectivity index (χ3n) is 8.89. The number of anilines is 1. The van der Waals surface area contributed by atoms with E-state index in [4.69, 9.17) is 15.9 Å². The highest BCUT2D eigenvalue weighted by atomic mass is 16.5. The van der Waals surface area contributed by atoms with Crippen molar-refractivity contribution in [1.29, 1.82) is 5.41 Å². The lowest BCUT2D eigenvalue weighted by atomic mass is 9.73. The minimum absolute atomic E-state index is 0.00561. The van der Waals surface area contributed by atoms with Crippen LogP contribution in [0.3, 0.4) is 0 Å². The number of aliphatic carboxylic acids is 1. The van der Waals surface area contributed by atoms with Gasteiger partial charge >= 0.3 is 5.97 Å². The van der Waals surface area contributed by atoms with Crippen molar-refractivity contribution in [2.24, 2.45) is 11.7 Å². The van der Waals surface area contributed by atoms with E-state index in [0.29, 0.717) is 25.1 Å². The number of nitrogens with one attached hydrogen (secondary N) is 2. The second-order valence-corrected chi connectivity index (χ2v) is 11.4. The largest absolute Gasteiger partial charge is 0.494 e. The summed E-state index contributed by atoms with van der Waals surface area (Å²) < 4.78 is 5.98. The summed E-state index contributed by atoms with van der Waals surface area (Å²) in [5, 5.41) is 24.4. The van der Waals surface area contributed by atoms with Crippen molar-refractivity contribution in [2.75, 3.05) is 25.1 Å². The van der Waals surface area contributed by atoms with Crippen LogP contribution in [0.1, 0.15) is 68.1 Å². The Balaban J connectivity index is 1.55. The lowest BCUT2D eigenvalue weighted by Crippen LogP contribution is -2.58. The molecule has 0 aromatic heterocycles. The Kier molecular flexibility index (Phi) is 8.60. The summed E-state index contributed by atoms with van der Waals surface area (Å²) in [6.45, 7) is 2.03. The molecule has 7 heteroatoms. The van der Waals surface area contributed by atoms with E-state index in [0.717, 1.165) is 84.8 Å². The van der Waals surface area contributed by atoms with Gasteiger partial charge in [-0.1, -0.05) is 68.5 Å². The molecule has 1 heterocycles. The number of nitrogen functional groups attached to an aromatic ring is 1. The zero-order valence-corrected chi connectivity index (χ0v) is 23.5. The van der Waals surface area contributed by atoms with Gasteiger partial charge in [0.1, 0.15) is 17.1 Å². The SMILES string of the molecule is CNCCCOc1ccc2c(CN3c4cc(C(=N)N)ccc4CC3(C(=O)O)C3CCCCCCC3)cccc2c1. The van der Waals surface area contributed by atoms with Crippen molar-refractivity contribution in [3.63, 3.8) is 0 Å². The molecule has 0 bridgehead atoms. The average Bonchev–Trinajstić information content (AvgIpc) is 3.25. The van der Waals surface area contributed by atoms with E-state index < -0.39 is 11.5 Å². The van der Waals surface area contributed by atoms with Crippen LogP contribution in [0.2, 0.25) is 0 Å². The molecule has 1 aliphatic carbocycles. The first-order valence-corrected chi connectivity index (χ1v) is 14.7. The fraction of sp³-hybridized carbons (Fsp3) is 0.455. The van der Waals surface area contributed by atoms with E-state index in [2.05, 4.69) is 34.5 Å². The lowest BCUT2D eigenvalue weighted by molar-refractivity contribution is -0.146. The lowest BCUT2D eigenvalue weighted by Gasteiger charge is -2.43. The number of carboxylic acid groups (broad SMARTS) is 1. The smallest absolute Gasteiger partial charge is 0.330 e. The van der Waals surface area contributed by atoms with Crippen LogP contribution in [0.4, 0.5) is 5.69 Å². The number of amidine groups is 1. The topological polar surface area (TPSA) is 112 Å². The number of nitrogens with two attached hydrogens (primary N) is 1. The Labute approximate surface area is 237 Å². The molecule has 1 fully saturated rings. The Morgan fingerprint density at radius 1 is 1.10 bits per heavy atom. The van der Waals surface area contributed by atoms with Crippen LogP contribution >= 0.6 is 0 Å². The van der Waals surface area contributed by atoms with Gasteiger partial charge in [-0.25, -0.2) is 4.79 Å². The molecule has 40 heavy (non-hydrogen) atoms. The molecule has 3 aromatic rings. The highest BCUT2D eigenvalue weighted by molar-refractivity contribution is 5.97. The quantitative estimate of drug-likeness (QED) is 0.145. The van der Waals surface area contributed by atoms with Crippen LogP contribution in [0.25, 0.3) is 10.8 Å². The fourth-order valence-electron chi connectivity index (χ4n) is 6.79. The number of nitrogens with zero attached hydrogens (tertiary/aromatic N) is 1. The van der Waals surface area contributed by atoms with Crippen LogP contribution in [-0.4, -0.2) is 42.6 Å². The van der Waals surface area contributed by atoms with Gasteiger partial charge in [-0.3, -0.25) is 5.41 Å². The second kappa shape index (κ2) is 12.3. The molecule has 1 saturated carbocycles. The first-order valence-electron chi connectivity index (χ1n) is 14.7. The average molecular weight is 543 g/mol. The number of carboxylic acids is 1. The van der Waals surface area contributed by atoms with Gasteiger partial charge in [0.2, 0.25) is 0 Å². The standard InChI is InChI=1S/C33H42N4O3/c1-36-17-8-18-40-28-15-16-29-23(19-28)9-7-10-26(29)22-37-30-20-24(31(34)35)13-14-25(30)21-33(37,32(38)39)27-11-5-3-2-4-6-12-27/h7,9-10,13-16,19-20,27,36H,2-6,8,11-12,17-18,21-22H2,1H3,(H3,34,35)(H,38,39). The fourth-order valence-corrected chi connectivity index (χ4v) is 6.79. The molecule has 0 amide bonds. The molecule has 1 atom stereocenters. The predicted molar refractivity (Wildman–Crippen MR) is 162 cm³/mol. The van der Waals surface area contributed by atoms with Crippen LogP contribution in [0.5, 0.6) is 5.75 Å². The molecular weight excluding hydrogens is 500 g/mol. The molecule has 5 rings (SSSR count). The maximum Gasteiger partial charge on any atom is 0.330 e. The first kappa shape index (κ1) is 28.0. The van der Waals surface area contributed by atoms with Crippen molar-refractivity contribution in [3.05, 3.63) is 71.3 Å². The number of hydrogen-bond acceptors (Lipinski definition) is 5. The zero-order valence-electron chi connectivity index (χ0n) is 23.5. The molecule has 5 N–H and O–H groups in total. The Bertz CT molecular complexity index is 1370. The number of fused-ring (bicyclic) bond motifs is 2. The van der Waals surface area contributed by atoms with Crippen molar-refractivity contribution in [2.45, 2.75) is 69.9 Å². The van der Waals surface area contributed by atoms with Crippen LogP contribution in [0.15, 0.2) is 54.6 Å². The van der Waals surface area contributed by atoms with Gasteiger partial charge < -0.3 is 25.8 Å². The summed E-state index contributed by atoms with van der Waals surface area (Å²) in [6.07, 6.45) is 8.92. The maximum absolute atomic E-state index is 13.4. The van der Waals surface area contributed by atoms with Gasteiger partial charge in [0.25, 0.3) is 0 Å². The van der Waals surface area contributed by atoms with Crippen molar-refractivity contribution in [1.82, 2.24) is 5.32 Å². The number of carbonyl (C=O) groups is 1. The van der Waals surface area contributed by atoms with Crippen molar-refractivity contribution < 1.29 is 14.6 Å². The number of ether oxygens (including phenoxy) is 1. The third-order valence-corrected chi connectivity index (χ3v) is 8.89. The molecule has 0 radical (unpaired) electrons. The Morgan fingerprint density at radius 3 is 2.60 bits per heavy atom. The molecule has 1 aliphatic heterocycles. The molecule has 212 valence electrons. The molecule has 0 spiro atoms. The third kappa shape index (κ3) is 5.52. The van der Waals surface area contributed by atoms with Gasteiger partial charge in [-0.15, -0.1) is 0 Å². The van der Waals surface area contributed by atoms with Crippen LogP contribution in [0, 0.1) is 11.3 Å². The first-order chi connectivity index (χ1) is 19.4. The minimum atomic E-state index is -1.03. The predicted octanol–water partition coefficient (Wildman–Crippen LogP) is 5.86. The summed E-state index contributed by atoms with van der Waals surface area (Å²) in [4.78, 5) is 15.6. The van der Waals surface area contributed by atoms with Crippen molar-refractivity contribution >= 4 is 28.3 Å². The number of hydrogen-bond donors (Lipinski definition) is 4. The summed E-state index contributed by atoms with van der Waals surface area (Å²) in [7, 11) is 1.94. The van der Waals surface area contributed by atoms with Gasteiger partial charge in [0.15, 0.2) is 0 Å². The summed E-state index contributed by atoms with van der Waals surface area (Å²) in [6, 6.07) is 18.2.